The number of carbonyl (C=O) groups excluding carboxylic acids is 1. The van der Waals surface area contributed by atoms with E-state index in [4.69, 9.17) is 4.74 Å². The number of para-hydroxylation sites is 1. The van der Waals surface area contributed by atoms with Crippen molar-refractivity contribution in [3.8, 4) is 0 Å². The highest BCUT2D eigenvalue weighted by molar-refractivity contribution is 5.96. The second-order valence-electron chi connectivity index (χ2n) is 10.2. The Kier molecular flexibility index (Phi) is 6.43. The van der Waals surface area contributed by atoms with Crippen LogP contribution in [0.2, 0.25) is 0 Å². The van der Waals surface area contributed by atoms with Crippen molar-refractivity contribution in [1.29, 1.82) is 0 Å². The number of hydrogen-bond acceptors (Lipinski definition) is 5. The van der Waals surface area contributed by atoms with E-state index in [2.05, 4.69) is 43.1 Å². The van der Waals surface area contributed by atoms with E-state index in [9.17, 15) is 9.59 Å². The normalized spacial score (nSPS) is 16.4. The number of anilines is 2. The number of esters is 1. The summed E-state index contributed by atoms with van der Waals surface area (Å²) >= 11 is 0. The van der Waals surface area contributed by atoms with Crippen molar-refractivity contribution in [1.82, 2.24) is 4.57 Å². The summed E-state index contributed by atoms with van der Waals surface area (Å²) in [6, 6.07) is 13.5. The van der Waals surface area contributed by atoms with Gasteiger partial charge in [-0.3, -0.25) is 9.36 Å². The van der Waals surface area contributed by atoms with Crippen molar-refractivity contribution in [2.24, 2.45) is 12.5 Å². The van der Waals surface area contributed by atoms with Gasteiger partial charge >= 0.3 is 5.97 Å². The fourth-order valence-corrected chi connectivity index (χ4v) is 4.89. The van der Waals surface area contributed by atoms with Crippen LogP contribution in [0.1, 0.15) is 61.1 Å². The Morgan fingerprint density at radius 1 is 1.09 bits per heavy atom. The van der Waals surface area contributed by atoms with Crippen LogP contribution < -0.4 is 15.8 Å². The highest BCUT2D eigenvalue weighted by Crippen LogP contribution is 2.34. The molecule has 1 aliphatic heterocycles. The molecule has 180 valence electrons. The van der Waals surface area contributed by atoms with Crippen LogP contribution in [0, 0.1) is 12.3 Å². The number of aryl methyl sites for hydroxylation is 1. The van der Waals surface area contributed by atoms with Gasteiger partial charge in [-0.2, -0.15) is 0 Å². The molecule has 1 aliphatic rings. The second kappa shape index (κ2) is 9.16. The van der Waals surface area contributed by atoms with Gasteiger partial charge in [-0.15, -0.1) is 0 Å². The fourth-order valence-electron chi connectivity index (χ4n) is 4.89. The van der Waals surface area contributed by atoms with Crippen LogP contribution in [-0.4, -0.2) is 30.7 Å². The number of pyridine rings is 1. The van der Waals surface area contributed by atoms with Crippen LogP contribution >= 0.6 is 0 Å². The first-order chi connectivity index (χ1) is 16.1. The zero-order valence-electron chi connectivity index (χ0n) is 21.1. The molecule has 0 saturated carbocycles. The molecule has 0 aliphatic carbocycles. The van der Waals surface area contributed by atoms with Gasteiger partial charge in [0.2, 0.25) is 0 Å². The first kappa shape index (κ1) is 23.9. The summed E-state index contributed by atoms with van der Waals surface area (Å²) in [5.41, 5.74) is 3.61. The fraction of sp³-hybridized carbons (Fsp3) is 0.429. The molecule has 0 bridgehead atoms. The minimum Gasteiger partial charge on any atom is -0.465 e. The molecule has 2 aromatic carbocycles. The van der Waals surface area contributed by atoms with Crippen molar-refractivity contribution in [2.75, 3.05) is 30.4 Å². The second-order valence-corrected chi connectivity index (χ2v) is 10.2. The minimum atomic E-state index is -0.381. The van der Waals surface area contributed by atoms with Crippen molar-refractivity contribution in [3.05, 3.63) is 69.5 Å². The summed E-state index contributed by atoms with van der Waals surface area (Å²) in [5, 5.41) is 5.15. The average molecular weight is 462 g/mol. The van der Waals surface area contributed by atoms with E-state index in [0.717, 1.165) is 48.3 Å². The third-order valence-electron chi connectivity index (χ3n) is 7.12. The van der Waals surface area contributed by atoms with Gasteiger partial charge in [-0.1, -0.05) is 32.0 Å². The SMILES string of the molecule is COC(=O)c1ccccc1NC(C)c1cc(C)cc2c(=O)n(C)c(N3CCC(C)(C)CC3)cc12. The van der Waals surface area contributed by atoms with Crippen LogP contribution in [0.5, 0.6) is 0 Å². The number of fused-ring (bicyclic) bond motifs is 1. The van der Waals surface area contributed by atoms with E-state index in [1.54, 1.807) is 10.6 Å². The Hall–Kier alpha value is -3.28. The Morgan fingerprint density at radius 3 is 2.44 bits per heavy atom. The standard InChI is InChI=1S/C28H35N3O3/c1-18-15-21(19(2)29-24-10-8-7-9-20(24)27(33)34-6)22-17-25(30(5)26(32)23(22)16-18)31-13-11-28(3,4)12-14-31/h7-10,15-17,19,29H,11-14H2,1-6H3. The molecule has 0 spiro atoms. The third-order valence-corrected chi connectivity index (χ3v) is 7.12. The minimum absolute atomic E-state index is 0.0180. The maximum absolute atomic E-state index is 13.4. The molecule has 6 nitrogen and oxygen atoms in total. The number of methoxy groups -OCH3 is 1. The molecular weight excluding hydrogens is 426 g/mol. The zero-order valence-corrected chi connectivity index (χ0v) is 21.1. The summed E-state index contributed by atoms with van der Waals surface area (Å²) in [6.45, 7) is 10.6. The van der Waals surface area contributed by atoms with Gasteiger partial charge in [0.1, 0.15) is 5.82 Å². The summed E-state index contributed by atoms with van der Waals surface area (Å²) < 4.78 is 6.74. The molecule has 3 aromatic rings. The molecular formula is C28H35N3O3. The van der Waals surface area contributed by atoms with Crippen molar-refractivity contribution < 1.29 is 9.53 Å². The lowest BCUT2D eigenvalue weighted by molar-refractivity contribution is 0.0602. The number of ether oxygens (including phenoxy) is 1. The molecule has 0 amide bonds. The van der Waals surface area contributed by atoms with E-state index < -0.39 is 0 Å². The molecule has 2 heterocycles. The number of hydrogen-bond donors (Lipinski definition) is 1. The van der Waals surface area contributed by atoms with Gasteiger partial charge in [0, 0.05) is 37.3 Å². The Labute approximate surface area is 201 Å². The van der Waals surface area contributed by atoms with Gasteiger partial charge in [0.15, 0.2) is 0 Å². The summed E-state index contributed by atoms with van der Waals surface area (Å²) in [6.07, 6.45) is 2.20. The van der Waals surface area contributed by atoms with Gasteiger partial charge in [-0.05, 0) is 72.9 Å². The Bertz CT molecular complexity index is 1280. The number of nitrogens with one attached hydrogen (secondary N) is 1. The first-order valence-corrected chi connectivity index (χ1v) is 11.9. The number of benzene rings is 2. The van der Waals surface area contributed by atoms with Gasteiger partial charge in [0.25, 0.3) is 5.56 Å². The van der Waals surface area contributed by atoms with E-state index in [-0.39, 0.29) is 17.6 Å². The van der Waals surface area contributed by atoms with Crippen LogP contribution in [0.4, 0.5) is 11.5 Å². The lowest BCUT2D eigenvalue weighted by atomic mass is 9.82. The van der Waals surface area contributed by atoms with Crippen LogP contribution in [0.25, 0.3) is 10.8 Å². The van der Waals surface area contributed by atoms with E-state index >= 15 is 0 Å². The van der Waals surface area contributed by atoms with Gasteiger partial charge in [0.05, 0.1) is 12.7 Å². The summed E-state index contributed by atoms with van der Waals surface area (Å²) in [4.78, 5) is 28.0. The summed E-state index contributed by atoms with van der Waals surface area (Å²) in [5.74, 6) is 0.578. The van der Waals surface area contributed by atoms with Crippen molar-refractivity contribution in [3.63, 3.8) is 0 Å². The van der Waals surface area contributed by atoms with Gasteiger partial charge in [-0.25, -0.2) is 4.79 Å². The maximum Gasteiger partial charge on any atom is 0.339 e. The van der Waals surface area contributed by atoms with E-state index in [1.807, 2.05) is 38.2 Å². The largest absolute Gasteiger partial charge is 0.465 e. The molecule has 1 fully saturated rings. The molecule has 34 heavy (non-hydrogen) atoms. The molecule has 1 unspecified atom stereocenters. The average Bonchev–Trinajstić information content (AvgIpc) is 2.81. The van der Waals surface area contributed by atoms with Crippen molar-refractivity contribution >= 4 is 28.2 Å². The van der Waals surface area contributed by atoms with E-state index in [0.29, 0.717) is 22.1 Å². The molecule has 1 N–H and O–H groups in total. The lowest BCUT2D eigenvalue weighted by Crippen LogP contribution is -2.40. The highest BCUT2D eigenvalue weighted by Gasteiger charge is 2.27. The lowest BCUT2D eigenvalue weighted by Gasteiger charge is -2.38. The highest BCUT2D eigenvalue weighted by atomic mass is 16.5. The smallest absolute Gasteiger partial charge is 0.339 e. The quantitative estimate of drug-likeness (QED) is 0.513. The van der Waals surface area contributed by atoms with Gasteiger partial charge < -0.3 is 15.0 Å². The molecule has 1 aromatic heterocycles. The number of piperidine rings is 1. The monoisotopic (exact) mass is 461 g/mol. The molecule has 6 heteroatoms. The molecule has 4 rings (SSSR count). The zero-order chi connectivity index (χ0) is 24.6. The number of nitrogens with zero attached hydrogens (tertiary/aromatic N) is 2. The predicted molar refractivity (Wildman–Crippen MR) is 139 cm³/mol. The predicted octanol–water partition coefficient (Wildman–Crippen LogP) is 5.43. The maximum atomic E-state index is 13.4. The van der Waals surface area contributed by atoms with Crippen LogP contribution in [0.3, 0.4) is 0 Å². The number of carbonyl (C=O) groups is 1. The molecule has 1 atom stereocenters. The molecule has 0 radical (unpaired) electrons. The van der Waals surface area contributed by atoms with Crippen LogP contribution in [0.15, 0.2) is 47.3 Å². The first-order valence-electron chi connectivity index (χ1n) is 11.9. The van der Waals surface area contributed by atoms with E-state index in [1.165, 1.54) is 7.11 Å². The Morgan fingerprint density at radius 2 is 1.76 bits per heavy atom. The Balaban J connectivity index is 1.78. The number of rotatable bonds is 5. The van der Waals surface area contributed by atoms with Crippen LogP contribution in [-0.2, 0) is 11.8 Å². The van der Waals surface area contributed by atoms with Crippen molar-refractivity contribution in [2.45, 2.75) is 46.6 Å². The topological polar surface area (TPSA) is 63.6 Å². The number of aromatic nitrogens is 1. The summed E-state index contributed by atoms with van der Waals surface area (Å²) in [7, 11) is 3.25. The third kappa shape index (κ3) is 4.54. The molecule has 1 saturated heterocycles.